The minimum atomic E-state index is -1.19. The quantitative estimate of drug-likeness (QED) is 0.0635. The maximum absolute atomic E-state index is 14.2. The second-order valence-electron chi connectivity index (χ2n) is 16.0. The summed E-state index contributed by atoms with van der Waals surface area (Å²) in [6.45, 7) is 11.8. The number of hydrogen-bond donors (Lipinski definition) is 8. The van der Waals surface area contributed by atoms with E-state index in [0.29, 0.717) is 25.1 Å². The molecule has 0 saturated carbocycles. The third kappa shape index (κ3) is 17.3. The van der Waals surface area contributed by atoms with Crippen molar-refractivity contribution in [3.8, 4) is 0 Å². The van der Waals surface area contributed by atoms with Gasteiger partial charge in [-0.3, -0.25) is 19.2 Å². The highest BCUT2D eigenvalue weighted by atomic mass is 16.4. The molecule has 5 atom stereocenters. The molecular weight excluding hydrogens is 751 g/mol. The van der Waals surface area contributed by atoms with Gasteiger partial charge < -0.3 is 42.7 Å². The number of carbonyl (C=O) groups is 6. The van der Waals surface area contributed by atoms with Gasteiger partial charge in [0, 0.05) is 18.5 Å². The van der Waals surface area contributed by atoms with Crippen molar-refractivity contribution in [1.29, 1.82) is 0 Å². The van der Waals surface area contributed by atoms with Crippen molar-refractivity contribution in [1.82, 2.24) is 26.6 Å². The average Bonchev–Trinajstić information content (AvgIpc) is 3.16. The van der Waals surface area contributed by atoms with Gasteiger partial charge in [-0.1, -0.05) is 94.4 Å². The normalized spacial score (nSPS) is 13.6. The minimum Gasteiger partial charge on any atom is -0.480 e. The highest BCUT2D eigenvalue weighted by molar-refractivity contribution is 5.97. The third-order valence-corrected chi connectivity index (χ3v) is 9.54. The lowest BCUT2D eigenvalue weighted by Gasteiger charge is -2.28. The van der Waals surface area contributed by atoms with Crippen LogP contribution in [0.3, 0.4) is 0 Å². The number of carboxylic acid groups (broad SMARTS) is 1. The number of nitrogens with two attached hydrogens (primary N) is 1. The molecule has 0 aliphatic heterocycles. The Hall–Kier alpha value is -5.76. The zero-order valence-electron chi connectivity index (χ0n) is 35.2. The van der Waals surface area contributed by atoms with Crippen molar-refractivity contribution >= 4 is 41.3 Å². The molecule has 3 aromatic carbocycles. The summed E-state index contributed by atoms with van der Waals surface area (Å²) in [4.78, 5) is 81.2. The molecule has 0 heterocycles. The fraction of sp³-hybridized carbons (Fsp3) is 0.467. The number of rotatable bonds is 23. The lowest BCUT2D eigenvalue weighted by molar-refractivity contribution is -0.142. The number of nitrogens with one attached hydrogen (secondary N) is 6. The molecule has 9 N–H and O–H groups in total. The molecule has 0 bridgehead atoms. The van der Waals surface area contributed by atoms with Gasteiger partial charge in [0.05, 0.1) is 0 Å². The van der Waals surface area contributed by atoms with E-state index in [0.717, 1.165) is 22.3 Å². The van der Waals surface area contributed by atoms with Crippen LogP contribution in [0.5, 0.6) is 0 Å². The Morgan fingerprint density at radius 2 is 0.966 bits per heavy atom. The molecule has 14 heteroatoms. The summed E-state index contributed by atoms with van der Waals surface area (Å²) in [6, 6.07) is 17.6. The van der Waals surface area contributed by atoms with E-state index in [4.69, 9.17) is 5.73 Å². The topological polar surface area (TPSA) is 221 Å². The largest absolute Gasteiger partial charge is 0.480 e. The van der Waals surface area contributed by atoms with Crippen molar-refractivity contribution in [3.05, 3.63) is 101 Å². The lowest BCUT2D eigenvalue weighted by Crippen LogP contribution is -2.59. The van der Waals surface area contributed by atoms with Crippen LogP contribution >= 0.6 is 0 Å². The first kappa shape index (κ1) is 47.6. The number of aryl methyl sites for hydroxylation is 2. The van der Waals surface area contributed by atoms with Crippen molar-refractivity contribution in [3.63, 3.8) is 0 Å². The molecule has 0 aliphatic rings. The van der Waals surface area contributed by atoms with Gasteiger partial charge in [0.15, 0.2) is 0 Å². The van der Waals surface area contributed by atoms with Gasteiger partial charge in [-0.15, -0.1) is 0 Å². The minimum absolute atomic E-state index is 0.0557. The molecule has 3 rings (SSSR count). The van der Waals surface area contributed by atoms with E-state index in [1.165, 1.54) is 0 Å². The molecular formula is C45H63N7O7. The number of benzene rings is 3. The molecule has 0 spiro atoms. The Kier molecular flexibility index (Phi) is 19.6. The van der Waals surface area contributed by atoms with Crippen LogP contribution in [-0.4, -0.2) is 77.5 Å². The van der Waals surface area contributed by atoms with E-state index in [1.807, 2.05) is 96.1 Å². The zero-order valence-corrected chi connectivity index (χ0v) is 35.2. The van der Waals surface area contributed by atoms with E-state index in [2.05, 4.69) is 31.9 Å². The van der Waals surface area contributed by atoms with Crippen LogP contribution < -0.4 is 37.6 Å². The monoisotopic (exact) mass is 813 g/mol. The maximum atomic E-state index is 14.2. The summed E-state index contributed by atoms with van der Waals surface area (Å²) in [6.07, 6.45) is 1.88. The fourth-order valence-corrected chi connectivity index (χ4v) is 6.74. The molecule has 0 fully saturated rings. The fourth-order valence-electron chi connectivity index (χ4n) is 6.74. The van der Waals surface area contributed by atoms with E-state index in [9.17, 15) is 33.9 Å². The Bertz CT molecular complexity index is 1820. The van der Waals surface area contributed by atoms with Crippen molar-refractivity contribution in [2.75, 3.05) is 11.9 Å². The van der Waals surface area contributed by atoms with Gasteiger partial charge in [0.1, 0.15) is 30.2 Å². The molecule has 0 radical (unpaired) electrons. The third-order valence-electron chi connectivity index (χ3n) is 9.54. The van der Waals surface area contributed by atoms with Crippen LogP contribution in [0, 0.1) is 25.7 Å². The highest BCUT2D eigenvalue weighted by Gasteiger charge is 2.33. The van der Waals surface area contributed by atoms with Crippen LogP contribution in [0.4, 0.5) is 10.5 Å². The first-order valence-electron chi connectivity index (χ1n) is 20.4. The smallest absolute Gasteiger partial charge is 0.326 e. The summed E-state index contributed by atoms with van der Waals surface area (Å²) >= 11 is 0. The predicted octanol–water partition coefficient (Wildman–Crippen LogP) is 4.52. The Balaban J connectivity index is 1.87. The first-order chi connectivity index (χ1) is 28.0. The van der Waals surface area contributed by atoms with E-state index in [-0.39, 0.29) is 43.9 Å². The second-order valence-corrected chi connectivity index (χ2v) is 16.0. The zero-order chi connectivity index (χ0) is 43.5. The molecule has 59 heavy (non-hydrogen) atoms. The molecule has 6 amide bonds. The first-order valence-corrected chi connectivity index (χ1v) is 20.4. The van der Waals surface area contributed by atoms with Gasteiger partial charge in [0.2, 0.25) is 23.6 Å². The van der Waals surface area contributed by atoms with Crippen molar-refractivity contribution < 1.29 is 33.9 Å². The number of carbonyl (C=O) groups excluding carboxylic acids is 5. The lowest BCUT2D eigenvalue weighted by atomic mass is 9.99. The summed E-state index contributed by atoms with van der Waals surface area (Å²) in [5.74, 6) is -3.84. The number of anilines is 1. The van der Waals surface area contributed by atoms with E-state index in [1.54, 1.807) is 24.3 Å². The molecule has 0 aromatic heterocycles. The van der Waals surface area contributed by atoms with Gasteiger partial charge in [-0.05, 0) is 98.7 Å². The highest BCUT2D eigenvalue weighted by Crippen LogP contribution is 2.15. The van der Waals surface area contributed by atoms with Crippen LogP contribution in [0.25, 0.3) is 0 Å². The Morgan fingerprint density at radius 3 is 1.39 bits per heavy atom. The standard InChI is InChI=1S/C45H63N7O7/c1-28(2)21-36(40(53)48-35(44(57)58)19-13-14-20-46)49-42(55)38(26-32-15-9-7-10-16-32)51-41(54)37(22-29(3)4)50-43(56)39(27-33-17-11-8-12-18-33)52-45(59)47-34-24-30(5)23-31(6)25-34/h7-12,15-18,23-25,28-29,35-39H,13-14,19-22,26-27,46H2,1-6H3,(H,48,53)(H,49,55)(H,50,56)(H,51,54)(H,57,58)(H2,47,52,59)/t35-,36+,37+,38-,39-/m0/s1. The molecule has 3 aromatic rings. The summed E-state index contributed by atoms with van der Waals surface area (Å²) in [5, 5.41) is 26.4. The SMILES string of the molecule is Cc1cc(C)cc(NC(=O)N[C@@H](Cc2ccccc2)C(=O)N[C@H](CC(C)C)C(=O)N[C@@H](Cc2ccccc2)C(=O)N[C@H](CC(C)C)C(=O)N[C@@H](CCCCN)C(=O)O)c1. The summed E-state index contributed by atoms with van der Waals surface area (Å²) in [5.41, 5.74) is 9.57. The van der Waals surface area contributed by atoms with E-state index >= 15 is 0 Å². The number of carboxylic acids is 1. The van der Waals surface area contributed by atoms with Gasteiger partial charge >= 0.3 is 12.0 Å². The van der Waals surface area contributed by atoms with Crippen LogP contribution in [0.15, 0.2) is 78.9 Å². The maximum Gasteiger partial charge on any atom is 0.326 e. The molecule has 0 aliphatic carbocycles. The average molecular weight is 814 g/mol. The Morgan fingerprint density at radius 1 is 0.559 bits per heavy atom. The van der Waals surface area contributed by atoms with Crippen LogP contribution in [-0.2, 0) is 36.8 Å². The number of urea groups is 1. The van der Waals surface area contributed by atoms with Crippen LogP contribution in [0.1, 0.15) is 82.1 Å². The van der Waals surface area contributed by atoms with Crippen LogP contribution in [0.2, 0.25) is 0 Å². The Labute approximate surface area is 348 Å². The van der Waals surface area contributed by atoms with Gasteiger partial charge in [-0.25, -0.2) is 9.59 Å². The molecule has 14 nitrogen and oxygen atoms in total. The second kappa shape index (κ2) is 24.2. The number of amides is 6. The molecule has 0 unspecified atom stereocenters. The van der Waals surface area contributed by atoms with Gasteiger partial charge in [-0.2, -0.15) is 0 Å². The number of aliphatic carboxylic acids is 1. The molecule has 0 saturated heterocycles. The van der Waals surface area contributed by atoms with Gasteiger partial charge in [0.25, 0.3) is 0 Å². The van der Waals surface area contributed by atoms with E-state index < -0.39 is 65.8 Å². The predicted molar refractivity (Wildman–Crippen MR) is 229 cm³/mol. The number of unbranched alkanes of at least 4 members (excludes halogenated alkanes) is 1. The van der Waals surface area contributed by atoms with Crippen molar-refractivity contribution in [2.24, 2.45) is 17.6 Å². The number of hydrogen-bond acceptors (Lipinski definition) is 7. The summed E-state index contributed by atoms with van der Waals surface area (Å²) in [7, 11) is 0. The van der Waals surface area contributed by atoms with Crippen molar-refractivity contribution in [2.45, 2.75) is 117 Å². The summed E-state index contributed by atoms with van der Waals surface area (Å²) < 4.78 is 0. The molecule has 320 valence electrons.